The van der Waals surface area contributed by atoms with Crippen molar-refractivity contribution in [3.05, 3.63) is 70.7 Å². The molecule has 32 heavy (non-hydrogen) atoms. The Morgan fingerprint density at radius 2 is 2.03 bits per heavy atom. The Hall–Kier alpha value is -4.08. The van der Waals surface area contributed by atoms with E-state index in [-0.39, 0.29) is 36.0 Å². The molecule has 3 aliphatic rings. The summed E-state index contributed by atoms with van der Waals surface area (Å²) in [5, 5.41) is 13.1. The summed E-state index contributed by atoms with van der Waals surface area (Å²) in [5.74, 6) is -3.63. The minimum atomic E-state index is -1.00. The second-order valence-electron chi connectivity index (χ2n) is 7.06. The monoisotopic (exact) mass is 440 g/mol. The van der Waals surface area contributed by atoms with E-state index in [2.05, 4.69) is 10.3 Å². The van der Waals surface area contributed by atoms with Gasteiger partial charge in [-0.25, -0.2) is 19.0 Å². The van der Waals surface area contributed by atoms with Gasteiger partial charge in [-0.3, -0.25) is 4.79 Å². The smallest absolute Gasteiger partial charge is 0.436 e. The molecule has 1 atom stereocenters. The number of aliphatic imine (C=N–C) groups is 1. The van der Waals surface area contributed by atoms with E-state index in [1.54, 1.807) is 19.1 Å². The van der Waals surface area contributed by atoms with Gasteiger partial charge in [0.15, 0.2) is 11.5 Å². The molecule has 2 amide bonds. The van der Waals surface area contributed by atoms with Crippen LogP contribution in [0.5, 0.6) is 0 Å². The number of allylic oxidation sites excluding steroid dienone is 1. The van der Waals surface area contributed by atoms with Gasteiger partial charge in [0.2, 0.25) is 17.9 Å². The van der Waals surface area contributed by atoms with Crippen molar-refractivity contribution in [3.8, 4) is 0 Å². The minimum absolute atomic E-state index is 0.00126. The summed E-state index contributed by atoms with van der Waals surface area (Å²) in [4.78, 5) is 42.0. The van der Waals surface area contributed by atoms with Crippen LogP contribution in [0.2, 0.25) is 0 Å². The van der Waals surface area contributed by atoms with Gasteiger partial charge in [0, 0.05) is 18.8 Å². The molecule has 1 aromatic carbocycles. The molecule has 164 valence electrons. The molecule has 3 heterocycles. The SMILES string of the molecule is CCOC(=O)C1=C(O)C2=NC=C(Cc3ccc(F)cc3)C3OC(C(=O)NC)=C[N+](=C23)C1=O. The number of nitrogens with one attached hydrogen (secondary N) is 1. The molecule has 1 unspecified atom stereocenters. The summed E-state index contributed by atoms with van der Waals surface area (Å²) < 4.78 is 25.1. The summed E-state index contributed by atoms with van der Waals surface area (Å²) in [5.41, 5.74) is 0.866. The zero-order chi connectivity index (χ0) is 23.0. The third kappa shape index (κ3) is 3.49. The highest BCUT2D eigenvalue weighted by atomic mass is 19.1. The van der Waals surface area contributed by atoms with Crippen LogP contribution >= 0.6 is 0 Å². The topological polar surface area (TPSA) is 117 Å². The van der Waals surface area contributed by atoms with Crippen LogP contribution in [0.25, 0.3) is 0 Å². The molecule has 10 heteroatoms. The summed E-state index contributed by atoms with van der Waals surface area (Å²) in [6, 6.07) is 5.82. The second kappa shape index (κ2) is 8.22. The number of likely N-dealkylation sites (N-methyl/N-ethyl adjacent to an activating group) is 1. The number of halogens is 1. The van der Waals surface area contributed by atoms with Crippen molar-refractivity contribution in [1.82, 2.24) is 5.32 Å². The molecule has 4 rings (SSSR count). The van der Waals surface area contributed by atoms with E-state index in [4.69, 9.17) is 9.47 Å². The quantitative estimate of drug-likeness (QED) is 0.402. The molecule has 3 aliphatic heterocycles. The van der Waals surface area contributed by atoms with E-state index < -0.39 is 35.2 Å². The van der Waals surface area contributed by atoms with Crippen molar-refractivity contribution in [2.45, 2.75) is 19.4 Å². The molecule has 0 spiro atoms. The number of esters is 1. The molecule has 0 aliphatic carbocycles. The number of aliphatic hydroxyl groups is 1. The van der Waals surface area contributed by atoms with Gasteiger partial charge >= 0.3 is 11.9 Å². The van der Waals surface area contributed by atoms with E-state index in [0.717, 1.165) is 16.3 Å². The summed E-state index contributed by atoms with van der Waals surface area (Å²) in [6.07, 6.45) is 1.92. The summed E-state index contributed by atoms with van der Waals surface area (Å²) in [7, 11) is 1.41. The lowest BCUT2D eigenvalue weighted by Crippen LogP contribution is -2.51. The van der Waals surface area contributed by atoms with E-state index in [9.17, 15) is 23.9 Å². The van der Waals surface area contributed by atoms with Gasteiger partial charge in [-0.2, -0.15) is 0 Å². The highest BCUT2D eigenvalue weighted by molar-refractivity contribution is 6.52. The lowest BCUT2D eigenvalue weighted by atomic mass is 9.89. The lowest BCUT2D eigenvalue weighted by molar-refractivity contribution is -0.385. The number of ether oxygens (including phenoxy) is 2. The van der Waals surface area contributed by atoms with Gasteiger partial charge in [-0.1, -0.05) is 12.1 Å². The Morgan fingerprint density at radius 3 is 2.69 bits per heavy atom. The van der Waals surface area contributed by atoms with Crippen LogP contribution in [0.4, 0.5) is 4.39 Å². The van der Waals surface area contributed by atoms with Gasteiger partial charge in [0.25, 0.3) is 17.4 Å². The first-order valence-corrected chi connectivity index (χ1v) is 9.79. The van der Waals surface area contributed by atoms with Crippen LogP contribution < -0.4 is 5.32 Å². The Morgan fingerprint density at radius 1 is 1.31 bits per heavy atom. The average Bonchev–Trinajstić information content (AvgIpc) is 2.79. The number of rotatable bonds is 5. The molecule has 0 radical (unpaired) electrons. The van der Waals surface area contributed by atoms with Crippen LogP contribution in [-0.4, -0.2) is 58.6 Å². The number of carbonyl (C=O) groups excluding carboxylic acids is 3. The molecule has 0 saturated carbocycles. The largest absolute Gasteiger partial charge is 0.504 e. The second-order valence-corrected chi connectivity index (χ2v) is 7.06. The van der Waals surface area contributed by atoms with E-state index in [1.165, 1.54) is 25.4 Å². The van der Waals surface area contributed by atoms with Gasteiger partial charge in [0.1, 0.15) is 5.82 Å². The molecular formula is C22H19FN3O6+. The van der Waals surface area contributed by atoms with Crippen molar-refractivity contribution in [2.75, 3.05) is 13.7 Å². The molecule has 1 aromatic rings. The zero-order valence-corrected chi connectivity index (χ0v) is 17.2. The standard InChI is InChI=1S/C22H18FN3O6/c1-3-31-22(30)15-18(27)16-17-19(32-14(20(28)24-2)10-26(17)21(15)29)12(9-25-16)8-11-4-6-13(23)7-5-11/h4-7,9-10,19H,3,8H2,1-2H3,(H-,24,27,28,29,30)/p+1. The van der Waals surface area contributed by atoms with E-state index >= 15 is 0 Å². The van der Waals surface area contributed by atoms with Crippen LogP contribution in [0.15, 0.2) is 64.3 Å². The highest BCUT2D eigenvalue weighted by Crippen LogP contribution is 2.30. The van der Waals surface area contributed by atoms with E-state index in [1.807, 2.05) is 0 Å². The fraction of sp³-hybridized carbons (Fsp3) is 0.227. The van der Waals surface area contributed by atoms with Crippen molar-refractivity contribution >= 4 is 29.2 Å². The van der Waals surface area contributed by atoms with Crippen LogP contribution in [-0.2, 0) is 30.3 Å². The third-order valence-corrected chi connectivity index (χ3v) is 5.08. The predicted octanol–water partition coefficient (Wildman–Crippen LogP) is 1.06. The molecule has 0 saturated heterocycles. The van der Waals surface area contributed by atoms with Crippen molar-refractivity contribution in [2.24, 2.45) is 4.99 Å². The van der Waals surface area contributed by atoms with Gasteiger partial charge in [-0.05, 0) is 31.0 Å². The average molecular weight is 440 g/mol. The molecular weight excluding hydrogens is 421 g/mol. The number of aliphatic hydroxyl groups excluding tert-OH is 1. The van der Waals surface area contributed by atoms with Crippen molar-refractivity contribution in [3.63, 3.8) is 0 Å². The molecule has 0 fully saturated rings. The van der Waals surface area contributed by atoms with Gasteiger partial charge < -0.3 is 19.9 Å². The Kier molecular flexibility index (Phi) is 5.43. The normalized spacial score (nSPS) is 19.4. The number of hydrogen-bond donors (Lipinski definition) is 2. The Labute approximate surface area is 181 Å². The number of hydrogen-bond acceptors (Lipinski definition) is 7. The first kappa shape index (κ1) is 21.2. The van der Waals surface area contributed by atoms with Crippen LogP contribution in [0.3, 0.4) is 0 Å². The number of benzene rings is 1. The zero-order valence-electron chi connectivity index (χ0n) is 17.2. The first-order valence-electron chi connectivity index (χ1n) is 9.79. The van der Waals surface area contributed by atoms with Crippen LogP contribution in [0, 0.1) is 5.82 Å². The highest BCUT2D eigenvalue weighted by Gasteiger charge is 2.52. The number of carbonyl (C=O) groups is 3. The van der Waals surface area contributed by atoms with Gasteiger partial charge in [-0.15, -0.1) is 4.58 Å². The van der Waals surface area contributed by atoms with Crippen molar-refractivity contribution < 1.29 is 37.9 Å². The molecule has 2 N–H and O–H groups in total. The summed E-state index contributed by atoms with van der Waals surface area (Å²) >= 11 is 0. The Bertz CT molecular complexity index is 1190. The number of nitrogens with zero attached hydrogens (tertiary/aromatic N) is 2. The van der Waals surface area contributed by atoms with Gasteiger partial charge in [0.05, 0.1) is 6.61 Å². The fourth-order valence-electron chi connectivity index (χ4n) is 3.59. The fourth-order valence-corrected chi connectivity index (χ4v) is 3.59. The third-order valence-electron chi connectivity index (χ3n) is 5.08. The minimum Gasteiger partial charge on any atom is -0.504 e. The predicted molar refractivity (Wildman–Crippen MR) is 109 cm³/mol. The summed E-state index contributed by atoms with van der Waals surface area (Å²) in [6.45, 7) is 1.57. The maximum atomic E-state index is 13.3. The van der Waals surface area contributed by atoms with Crippen LogP contribution in [0.1, 0.15) is 12.5 Å². The Balaban J connectivity index is 1.84. The maximum absolute atomic E-state index is 13.3. The van der Waals surface area contributed by atoms with Crippen molar-refractivity contribution in [1.29, 1.82) is 0 Å². The number of amides is 2. The molecule has 9 nitrogen and oxygen atoms in total. The first-order chi connectivity index (χ1) is 15.3. The lowest BCUT2D eigenvalue weighted by Gasteiger charge is -2.29. The molecule has 0 bridgehead atoms. The maximum Gasteiger partial charge on any atom is 0.436 e. The molecule has 0 aromatic heterocycles. The van der Waals surface area contributed by atoms with E-state index in [0.29, 0.717) is 5.57 Å².